The predicted molar refractivity (Wildman–Crippen MR) is 115 cm³/mol. The molecule has 8 nitrogen and oxygen atoms in total. The zero-order valence-electron chi connectivity index (χ0n) is 17.0. The molecule has 10 heteroatoms. The molecule has 160 valence electrons. The lowest BCUT2D eigenvalue weighted by molar-refractivity contribution is 0.100. The third-order valence-electron chi connectivity index (χ3n) is 5.32. The van der Waals surface area contributed by atoms with E-state index in [0.717, 1.165) is 18.1 Å². The number of halogens is 1. The fourth-order valence-electron chi connectivity index (χ4n) is 3.80. The van der Waals surface area contributed by atoms with Gasteiger partial charge in [0.05, 0.1) is 23.0 Å². The van der Waals surface area contributed by atoms with E-state index < -0.39 is 5.91 Å². The molecule has 0 unspecified atom stereocenters. The van der Waals surface area contributed by atoms with Gasteiger partial charge in [0.15, 0.2) is 5.82 Å². The van der Waals surface area contributed by atoms with Crippen molar-refractivity contribution in [2.75, 3.05) is 18.4 Å². The van der Waals surface area contributed by atoms with Gasteiger partial charge >= 0.3 is 0 Å². The van der Waals surface area contributed by atoms with Crippen LogP contribution in [0.4, 0.5) is 15.9 Å². The second kappa shape index (κ2) is 8.83. The normalized spacial score (nSPS) is 19.1. The second-order valence-electron chi connectivity index (χ2n) is 7.54. The van der Waals surface area contributed by atoms with Crippen LogP contribution in [0.1, 0.15) is 32.7 Å². The smallest absolute Gasteiger partial charge is 0.254 e. The van der Waals surface area contributed by atoms with Crippen molar-refractivity contribution in [3.05, 3.63) is 57.9 Å². The number of primary amides is 1. The molecule has 0 aliphatic carbocycles. The predicted octanol–water partition coefficient (Wildman–Crippen LogP) is 3.22. The number of hydrogen-bond acceptors (Lipinski definition) is 7. The van der Waals surface area contributed by atoms with E-state index in [2.05, 4.69) is 26.4 Å². The van der Waals surface area contributed by atoms with E-state index in [-0.39, 0.29) is 23.3 Å². The van der Waals surface area contributed by atoms with Crippen LogP contribution >= 0.6 is 11.3 Å². The van der Waals surface area contributed by atoms with Gasteiger partial charge in [0.1, 0.15) is 11.4 Å². The molecule has 3 aromatic rings. The highest BCUT2D eigenvalue weighted by Crippen LogP contribution is 2.31. The Labute approximate surface area is 183 Å². The highest BCUT2D eigenvalue weighted by molar-refractivity contribution is 7.11. The number of benzene rings is 1. The van der Waals surface area contributed by atoms with Gasteiger partial charge in [-0.3, -0.25) is 14.4 Å². The molecule has 2 aromatic heterocycles. The van der Waals surface area contributed by atoms with E-state index in [0.29, 0.717) is 24.5 Å². The molecular formula is C21H22FN7OS. The van der Waals surface area contributed by atoms with Gasteiger partial charge in [0.2, 0.25) is 0 Å². The van der Waals surface area contributed by atoms with Crippen LogP contribution in [0.3, 0.4) is 0 Å². The summed E-state index contributed by atoms with van der Waals surface area (Å²) in [5, 5.41) is 18.3. The van der Waals surface area contributed by atoms with E-state index in [9.17, 15) is 14.4 Å². The molecule has 0 spiro atoms. The topological polar surface area (TPSA) is 113 Å². The number of amides is 1. The molecule has 1 amide bonds. The van der Waals surface area contributed by atoms with Crippen LogP contribution in [0.25, 0.3) is 0 Å². The van der Waals surface area contributed by atoms with Gasteiger partial charge < -0.3 is 11.1 Å². The highest BCUT2D eigenvalue weighted by Gasteiger charge is 2.32. The zero-order valence-corrected chi connectivity index (χ0v) is 17.8. The number of rotatable bonds is 6. The minimum Gasteiger partial charge on any atom is -0.365 e. The lowest BCUT2D eigenvalue weighted by Gasteiger charge is -2.35. The molecule has 2 atom stereocenters. The maximum absolute atomic E-state index is 13.2. The summed E-state index contributed by atoms with van der Waals surface area (Å²) in [6.45, 7) is 4.14. The second-order valence-corrected chi connectivity index (χ2v) is 8.86. The number of nitrogens with two attached hydrogens (primary N) is 1. The average molecular weight is 440 g/mol. The number of hydrogen-bond donors (Lipinski definition) is 2. The maximum Gasteiger partial charge on any atom is 0.254 e. The van der Waals surface area contributed by atoms with Crippen LogP contribution in [0.2, 0.25) is 0 Å². The summed E-state index contributed by atoms with van der Waals surface area (Å²) in [6.07, 6.45) is 4.19. The molecule has 1 aliphatic rings. The van der Waals surface area contributed by atoms with Crippen molar-refractivity contribution >= 4 is 28.7 Å². The summed E-state index contributed by atoms with van der Waals surface area (Å²) in [5.41, 5.74) is 6.35. The highest BCUT2D eigenvalue weighted by atomic mass is 32.1. The number of aryl methyl sites for hydroxylation is 1. The van der Waals surface area contributed by atoms with Crippen molar-refractivity contribution in [2.24, 2.45) is 11.7 Å². The molecule has 0 radical (unpaired) electrons. The summed E-state index contributed by atoms with van der Waals surface area (Å²) < 4.78 is 14.8. The van der Waals surface area contributed by atoms with Crippen LogP contribution < -0.4 is 11.1 Å². The van der Waals surface area contributed by atoms with Gasteiger partial charge in [-0.05, 0) is 37.6 Å². The first-order valence-electron chi connectivity index (χ1n) is 9.87. The van der Waals surface area contributed by atoms with Crippen molar-refractivity contribution in [3.8, 4) is 6.07 Å². The van der Waals surface area contributed by atoms with Gasteiger partial charge in [-0.15, -0.1) is 11.3 Å². The molecule has 0 bridgehead atoms. The number of likely N-dealkylation sites (tertiary alicyclic amines) is 1. The molecule has 31 heavy (non-hydrogen) atoms. The Kier molecular flexibility index (Phi) is 5.97. The lowest BCUT2D eigenvalue weighted by atomic mass is 9.93. The Balaban J connectivity index is 1.52. The number of carbonyl (C=O) groups is 1. The molecule has 1 saturated heterocycles. The van der Waals surface area contributed by atoms with Gasteiger partial charge in [0.25, 0.3) is 5.91 Å². The lowest BCUT2D eigenvalue weighted by Crippen LogP contribution is -2.40. The molecule has 0 saturated carbocycles. The number of thiazole rings is 1. The van der Waals surface area contributed by atoms with Crippen molar-refractivity contribution in [2.45, 2.75) is 25.9 Å². The maximum atomic E-state index is 13.2. The third kappa shape index (κ3) is 4.73. The zero-order chi connectivity index (χ0) is 22.0. The van der Waals surface area contributed by atoms with E-state index in [1.54, 1.807) is 34.3 Å². The van der Waals surface area contributed by atoms with Gasteiger partial charge in [-0.25, -0.2) is 9.37 Å². The Morgan fingerprint density at radius 3 is 2.84 bits per heavy atom. The minimum atomic E-state index is -0.623. The summed E-state index contributed by atoms with van der Waals surface area (Å²) in [6, 6.07) is 7.95. The Morgan fingerprint density at radius 2 is 2.19 bits per heavy atom. The Hall–Kier alpha value is -3.29. The summed E-state index contributed by atoms with van der Waals surface area (Å²) in [4.78, 5) is 19.7. The van der Waals surface area contributed by atoms with Crippen molar-refractivity contribution in [1.82, 2.24) is 19.7 Å². The monoisotopic (exact) mass is 439 g/mol. The standard InChI is InChI=1S/C21H22FN7OS/c1-13-25-9-17(31-13)11-28-7-6-19(14(8-23)10-28)29-12-18(20(24)30)21(27-29)26-16-4-2-15(22)3-5-16/h2-5,9,12,14,19H,6-7,10-11H2,1H3,(H2,24,30)(H,26,27)/t14-,19-/m1/s1. The number of nitrogens with one attached hydrogen (secondary N) is 1. The van der Waals surface area contributed by atoms with Crippen LogP contribution in [0.15, 0.2) is 36.7 Å². The fraction of sp³-hybridized carbons (Fsp3) is 0.333. The van der Waals surface area contributed by atoms with Crippen LogP contribution in [0, 0.1) is 30.0 Å². The molecule has 1 aromatic carbocycles. The molecule has 3 N–H and O–H groups in total. The number of nitrogens with zero attached hydrogens (tertiary/aromatic N) is 5. The van der Waals surface area contributed by atoms with E-state index in [1.807, 2.05) is 13.1 Å². The Bertz CT molecular complexity index is 1120. The van der Waals surface area contributed by atoms with Gasteiger partial charge in [-0.2, -0.15) is 10.4 Å². The first-order valence-corrected chi connectivity index (χ1v) is 10.7. The van der Waals surface area contributed by atoms with Crippen LogP contribution in [0.5, 0.6) is 0 Å². The number of nitriles is 1. The minimum absolute atomic E-state index is 0.175. The Morgan fingerprint density at radius 1 is 1.42 bits per heavy atom. The van der Waals surface area contributed by atoms with Crippen molar-refractivity contribution < 1.29 is 9.18 Å². The van der Waals surface area contributed by atoms with Crippen molar-refractivity contribution in [1.29, 1.82) is 5.26 Å². The summed E-state index contributed by atoms with van der Waals surface area (Å²) in [7, 11) is 0. The molecular weight excluding hydrogens is 417 g/mol. The van der Waals surface area contributed by atoms with Gasteiger partial charge in [-0.1, -0.05) is 0 Å². The molecule has 4 rings (SSSR count). The summed E-state index contributed by atoms with van der Waals surface area (Å²) in [5.74, 6) is -0.980. The SMILES string of the molecule is Cc1ncc(CN2CC[C@@H](n3cc(C(N)=O)c(Nc4ccc(F)cc4)n3)[C@H](C#N)C2)s1. The fourth-order valence-corrected chi connectivity index (χ4v) is 4.63. The van der Waals surface area contributed by atoms with E-state index in [4.69, 9.17) is 5.73 Å². The summed E-state index contributed by atoms with van der Waals surface area (Å²) >= 11 is 1.66. The molecule has 1 fully saturated rings. The van der Waals surface area contributed by atoms with Crippen molar-refractivity contribution in [3.63, 3.8) is 0 Å². The van der Waals surface area contributed by atoms with E-state index >= 15 is 0 Å². The number of aromatic nitrogens is 3. The number of anilines is 2. The van der Waals surface area contributed by atoms with E-state index in [1.165, 1.54) is 17.0 Å². The molecule has 1 aliphatic heterocycles. The molecule has 3 heterocycles. The van der Waals surface area contributed by atoms with Gasteiger partial charge in [0, 0.05) is 42.6 Å². The number of piperidine rings is 1. The number of carbonyl (C=O) groups excluding carboxylic acids is 1. The van der Waals surface area contributed by atoms with Crippen LogP contribution in [-0.4, -0.2) is 38.7 Å². The first kappa shape index (κ1) is 21.0. The van der Waals surface area contributed by atoms with Crippen LogP contribution in [-0.2, 0) is 6.54 Å². The first-order chi connectivity index (χ1) is 14.9. The largest absolute Gasteiger partial charge is 0.365 e. The quantitative estimate of drug-likeness (QED) is 0.610. The third-order valence-corrected chi connectivity index (χ3v) is 6.22. The average Bonchev–Trinajstić information content (AvgIpc) is 3.35.